The largest absolute Gasteiger partial charge is 0.496 e. The Balaban J connectivity index is 1.39. The van der Waals surface area contributed by atoms with Crippen molar-refractivity contribution in [3.05, 3.63) is 101 Å². The quantitative estimate of drug-likeness (QED) is 0.205. The molecule has 0 aliphatic carbocycles. The second-order valence-electron chi connectivity index (χ2n) is 11.2. The molecule has 0 spiro atoms. The van der Waals surface area contributed by atoms with Crippen molar-refractivity contribution in [1.29, 1.82) is 0 Å². The van der Waals surface area contributed by atoms with Gasteiger partial charge in [-0.15, -0.1) is 0 Å². The number of nitrogens with zero attached hydrogens (tertiary/aromatic N) is 2. The Bertz CT molecular complexity index is 1850. The molecule has 0 radical (unpaired) electrons. The van der Waals surface area contributed by atoms with Gasteiger partial charge in [-0.3, -0.25) is 9.80 Å². The van der Waals surface area contributed by atoms with E-state index < -0.39 is 23.3 Å². The van der Waals surface area contributed by atoms with Crippen molar-refractivity contribution in [3.8, 4) is 22.6 Å². The number of benzene rings is 4. The zero-order valence-electron chi connectivity index (χ0n) is 24.9. The van der Waals surface area contributed by atoms with Crippen molar-refractivity contribution in [3.63, 3.8) is 0 Å². The van der Waals surface area contributed by atoms with Crippen molar-refractivity contribution in [2.45, 2.75) is 32.9 Å². The molecule has 2 aliphatic rings. The second kappa shape index (κ2) is 10.7. The Morgan fingerprint density at radius 2 is 1.64 bits per heavy atom. The van der Waals surface area contributed by atoms with Gasteiger partial charge in [0.2, 0.25) is 0 Å². The van der Waals surface area contributed by atoms with E-state index in [2.05, 4.69) is 5.32 Å². The van der Waals surface area contributed by atoms with Crippen LogP contribution < -0.4 is 24.8 Å². The second-order valence-corrected chi connectivity index (χ2v) is 11.2. The normalized spacial score (nSPS) is 14.5. The van der Waals surface area contributed by atoms with Crippen LogP contribution in [-0.4, -0.2) is 37.6 Å². The molecule has 2 heterocycles. The number of halogens is 1. The number of hydrazine groups is 1. The molecule has 0 aromatic heterocycles. The van der Waals surface area contributed by atoms with E-state index in [-0.39, 0.29) is 22.8 Å². The van der Waals surface area contributed by atoms with E-state index in [0.29, 0.717) is 29.2 Å². The number of rotatable bonds is 6. The van der Waals surface area contributed by atoms with Gasteiger partial charge in [0, 0.05) is 17.2 Å². The van der Waals surface area contributed by atoms with Gasteiger partial charge in [0.15, 0.2) is 0 Å². The highest BCUT2D eigenvalue weighted by Gasteiger charge is 2.47. The summed E-state index contributed by atoms with van der Waals surface area (Å²) >= 11 is 0. The van der Waals surface area contributed by atoms with E-state index in [1.807, 2.05) is 37.9 Å². The molecule has 44 heavy (non-hydrogen) atoms. The van der Waals surface area contributed by atoms with Crippen LogP contribution in [0, 0.1) is 12.7 Å². The third kappa shape index (κ3) is 4.78. The van der Waals surface area contributed by atoms with E-state index >= 15 is 0 Å². The van der Waals surface area contributed by atoms with Gasteiger partial charge in [-0.1, -0.05) is 18.2 Å². The molecule has 10 heteroatoms. The minimum absolute atomic E-state index is 0.171. The van der Waals surface area contributed by atoms with Crippen LogP contribution in [0.2, 0.25) is 0 Å². The van der Waals surface area contributed by atoms with Crippen LogP contribution in [0.25, 0.3) is 11.1 Å². The predicted molar refractivity (Wildman–Crippen MR) is 164 cm³/mol. The summed E-state index contributed by atoms with van der Waals surface area (Å²) in [5.74, 6) is -1.10. The molecule has 6 rings (SSSR count). The van der Waals surface area contributed by atoms with Crippen LogP contribution in [-0.2, 0) is 16.1 Å². The molecule has 4 aromatic rings. The topological polar surface area (TPSA) is 97.4 Å². The molecular formula is C34H30FN3O6. The van der Waals surface area contributed by atoms with Crippen molar-refractivity contribution in [2.24, 2.45) is 0 Å². The van der Waals surface area contributed by atoms with E-state index in [9.17, 15) is 18.8 Å². The van der Waals surface area contributed by atoms with Gasteiger partial charge in [-0.05, 0) is 80.4 Å². The maximum Gasteiger partial charge on any atom is 0.343 e. The highest BCUT2D eigenvalue weighted by Crippen LogP contribution is 2.50. The van der Waals surface area contributed by atoms with Gasteiger partial charge >= 0.3 is 11.9 Å². The fourth-order valence-electron chi connectivity index (χ4n) is 5.67. The number of carbonyl (C=O) groups excluding carboxylic acids is 3. The number of aryl methyl sites for hydroxylation is 1. The van der Waals surface area contributed by atoms with E-state index in [0.717, 1.165) is 22.4 Å². The fraction of sp³-hybridized carbons (Fsp3) is 0.206. The summed E-state index contributed by atoms with van der Waals surface area (Å²) < 4.78 is 30.5. The molecular weight excluding hydrogens is 565 g/mol. The summed E-state index contributed by atoms with van der Waals surface area (Å²) in [5, 5.41) is 6.80. The van der Waals surface area contributed by atoms with Crippen LogP contribution in [0.15, 0.2) is 72.8 Å². The third-order valence-corrected chi connectivity index (χ3v) is 7.86. The summed E-state index contributed by atoms with van der Waals surface area (Å²) in [5.41, 5.74) is 4.79. The number of nitrogens with one attached hydrogen (secondary N) is 1. The number of hydrogen-bond donors (Lipinski definition) is 1. The highest BCUT2D eigenvalue weighted by molar-refractivity contribution is 6.12. The first-order valence-electron chi connectivity index (χ1n) is 13.9. The van der Waals surface area contributed by atoms with Crippen LogP contribution in [0.3, 0.4) is 0 Å². The predicted octanol–water partition coefficient (Wildman–Crippen LogP) is 6.29. The molecule has 0 saturated carbocycles. The number of esters is 2. The maximum atomic E-state index is 14.4. The minimum atomic E-state index is -0.894. The van der Waals surface area contributed by atoms with Gasteiger partial charge in [0.1, 0.15) is 22.9 Å². The molecule has 224 valence electrons. The standard InChI is InChI=1S/C34H30FN3O6/c1-19-9-10-22(35)16-28(19)37-18-26-24(13-14-27-30(26)38(37)33(41)34(2,3)36-27)25-12-11-23(17-29(25)42-4)44-32(40)21-8-6-7-20(15-21)31(39)43-5/h6-17,36H,18H2,1-5H3. The molecule has 1 N–H and O–H groups in total. The number of hydrogen-bond acceptors (Lipinski definition) is 8. The molecule has 0 atom stereocenters. The first kappa shape index (κ1) is 28.7. The lowest BCUT2D eigenvalue weighted by molar-refractivity contribution is -0.122. The molecule has 0 bridgehead atoms. The smallest absolute Gasteiger partial charge is 0.343 e. The van der Waals surface area contributed by atoms with Crippen molar-refractivity contribution in [1.82, 2.24) is 0 Å². The SMILES string of the molecule is COC(=O)c1cccc(C(=O)Oc2ccc(-c3ccc4c5c3CN(c3cc(F)ccc3C)N5C(=O)C(C)(C)N4)c(OC)c2)c1. The Morgan fingerprint density at radius 1 is 0.909 bits per heavy atom. The van der Waals surface area contributed by atoms with Gasteiger partial charge in [-0.2, -0.15) is 0 Å². The molecule has 2 aliphatic heterocycles. The summed E-state index contributed by atoms with van der Waals surface area (Å²) in [6.07, 6.45) is 0. The zero-order chi connectivity index (χ0) is 31.3. The van der Waals surface area contributed by atoms with Gasteiger partial charge < -0.3 is 19.5 Å². The molecule has 0 fully saturated rings. The Labute approximate surface area is 253 Å². The lowest BCUT2D eigenvalue weighted by Crippen LogP contribution is -2.57. The number of methoxy groups -OCH3 is 2. The number of carbonyl (C=O) groups is 3. The van der Waals surface area contributed by atoms with Crippen molar-refractivity contribution in [2.75, 3.05) is 29.6 Å². The number of anilines is 3. The number of ether oxygens (including phenoxy) is 3. The minimum Gasteiger partial charge on any atom is -0.496 e. The van der Waals surface area contributed by atoms with Crippen molar-refractivity contribution >= 4 is 34.9 Å². The van der Waals surface area contributed by atoms with Crippen LogP contribution >= 0.6 is 0 Å². The van der Waals surface area contributed by atoms with Gasteiger partial charge in [0.25, 0.3) is 5.91 Å². The zero-order valence-corrected chi connectivity index (χ0v) is 24.9. The summed E-state index contributed by atoms with van der Waals surface area (Å²) in [6.45, 7) is 5.82. The van der Waals surface area contributed by atoms with Crippen LogP contribution in [0.4, 0.5) is 21.5 Å². The average Bonchev–Trinajstić information content (AvgIpc) is 3.42. The van der Waals surface area contributed by atoms with Gasteiger partial charge in [-0.25, -0.2) is 19.0 Å². The summed E-state index contributed by atoms with van der Waals surface area (Å²) in [6, 6.07) is 19.5. The molecule has 1 amide bonds. The average molecular weight is 596 g/mol. The molecule has 4 aromatic carbocycles. The van der Waals surface area contributed by atoms with E-state index in [4.69, 9.17) is 14.2 Å². The first-order chi connectivity index (χ1) is 21.0. The van der Waals surface area contributed by atoms with Gasteiger partial charge in [0.05, 0.1) is 49.0 Å². The monoisotopic (exact) mass is 595 g/mol. The fourth-order valence-corrected chi connectivity index (χ4v) is 5.67. The lowest BCUT2D eigenvalue weighted by Gasteiger charge is -2.41. The molecule has 0 unspecified atom stereocenters. The highest BCUT2D eigenvalue weighted by atomic mass is 19.1. The Morgan fingerprint density at radius 3 is 2.36 bits per heavy atom. The van der Waals surface area contributed by atoms with Crippen LogP contribution in [0.1, 0.15) is 45.7 Å². The third-order valence-electron chi connectivity index (χ3n) is 7.86. The van der Waals surface area contributed by atoms with E-state index in [1.54, 1.807) is 47.5 Å². The first-order valence-corrected chi connectivity index (χ1v) is 13.9. The van der Waals surface area contributed by atoms with Crippen LogP contribution in [0.5, 0.6) is 11.5 Å². The number of amides is 1. The lowest BCUT2D eigenvalue weighted by atomic mass is 9.93. The molecule has 9 nitrogen and oxygen atoms in total. The summed E-state index contributed by atoms with van der Waals surface area (Å²) in [4.78, 5) is 38.6. The Hall–Kier alpha value is -5.38. The molecule has 0 saturated heterocycles. The van der Waals surface area contributed by atoms with Crippen molar-refractivity contribution < 1.29 is 33.0 Å². The Kier molecular flexibility index (Phi) is 6.99. The maximum absolute atomic E-state index is 14.4. The van der Waals surface area contributed by atoms with E-state index in [1.165, 1.54) is 32.4 Å². The summed E-state index contributed by atoms with van der Waals surface area (Å²) in [7, 11) is 2.78.